The van der Waals surface area contributed by atoms with Gasteiger partial charge in [0.1, 0.15) is 5.71 Å². The number of carbonyl (C=O) groups excluding carboxylic acids is 1. The van der Waals surface area contributed by atoms with Gasteiger partial charge >= 0.3 is 5.97 Å². The Balaban J connectivity index is 2.26. The summed E-state index contributed by atoms with van der Waals surface area (Å²) in [5, 5.41) is 17.7. The van der Waals surface area contributed by atoms with Crippen LogP contribution in [0, 0.1) is 0 Å². The van der Waals surface area contributed by atoms with Crippen molar-refractivity contribution in [3.8, 4) is 0 Å². The lowest BCUT2D eigenvalue weighted by Gasteiger charge is -2.20. The molecule has 1 atom stereocenters. The number of hydrazone groups is 1. The average molecular weight is 289 g/mol. The number of benzene rings is 1. The molecule has 1 aromatic carbocycles. The largest absolute Gasteiger partial charge is 0.480 e. The van der Waals surface area contributed by atoms with E-state index in [2.05, 4.69) is 10.4 Å². The zero-order valence-electron chi connectivity index (χ0n) is 12.3. The van der Waals surface area contributed by atoms with Gasteiger partial charge in [-0.3, -0.25) is 9.80 Å². The van der Waals surface area contributed by atoms with E-state index in [1.54, 1.807) is 24.3 Å². The van der Waals surface area contributed by atoms with Gasteiger partial charge in [-0.25, -0.2) is 4.79 Å². The summed E-state index contributed by atoms with van der Waals surface area (Å²) in [5.74, 6) is -1.33. The number of para-hydroxylation sites is 1. The highest BCUT2D eigenvalue weighted by Gasteiger charge is 2.36. The van der Waals surface area contributed by atoms with E-state index in [1.165, 1.54) is 5.01 Å². The molecule has 0 fully saturated rings. The highest BCUT2D eigenvalue weighted by atomic mass is 16.4. The van der Waals surface area contributed by atoms with Crippen molar-refractivity contribution in [2.75, 3.05) is 5.01 Å². The summed E-state index contributed by atoms with van der Waals surface area (Å²) in [4.78, 5) is 23.5. The number of hydrogen-bond acceptors (Lipinski definition) is 4. The molecule has 1 aliphatic rings. The highest BCUT2D eigenvalue weighted by Crippen LogP contribution is 2.24. The predicted molar refractivity (Wildman–Crippen MR) is 80.3 cm³/mol. The summed E-state index contributed by atoms with van der Waals surface area (Å²) in [6.07, 6.45) is 0.0894. The quantitative estimate of drug-likeness (QED) is 0.886. The van der Waals surface area contributed by atoms with Crippen molar-refractivity contribution in [1.82, 2.24) is 5.32 Å². The fraction of sp³-hybridized carbons (Fsp3) is 0.400. The zero-order chi connectivity index (χ0) is 15.6. The summed E-state index contributed by atoms with van der Waals surface area (Å²) in [6, 6.07) is 8.13. The molecular formula is C15H19N3O3. The summed E-state index contributed by atoms with van der Waals surface area (Å²) >= 11 is 0. The van der Waals surface area contributed by atoms with Crippen LogP contribution in [0.5, 0.6) is 0 Å². The van der Waals surface area contributed by atoms with Crippen LogP contribution in [0.2, 0.25) is 0 Å². The van der Waals surface area contributed by atoms with Crippen LogP contribution in [-0.4, -0.2) is 34.3 Å². The second kappa shape index (κ2) is 5.55. The van der Waals surface area contributed by atoms with Gasteiger partial charge < -0.3 is 10.4 Å². The average Bonchev–Trinajstić information content (AvgIpc) is 2.83. The molecule has 6 heteroatoms. The Bertz CT molecular complexity index is 576. The minimum absolute atomic E-state index is 0.0894. The lowest BCUT2D eigenvalue weighted by molar-refractivity contribution is -0.138. The summed E-state index contributed by atoms with van der Waals surface area (Å²) in [5.41, 5.74) is 0.503. The Morgan fingerprint density at radius 3 is 2.43 bits per heavy atom. The van der Waals surface area contributed by atoms with Crippen molar-refractivity contribution in [2.24, 2.45) is 5.10 Å². The Morgan fingerprint density at radius 2 is 1.90 bits per heavy atom. The van der Waals surface area contributed by atoms with Gasteiger partial charge in [0.2, 0.25) is 0 Å². The molecule has 0 bridgehead atoms. The number of carbonyl (C=O) groups is 2. The van der Waals surface area contributed by atoms with Crippen LogP contribution in [0.25, 0.3) is 0 Å². The van der Waals surface area contributed by atoms with Crippen molar-refractivity contribution in [3.63, 3.8) is 0 Å². The second-order valence-corrected chi connectivity index (χ2v) is 5.99. The predicted octanol–water partition coefficient (Wildman–Crippen LogP) is 1.62. The first kappa shape index (κ1) is 15.0. The van der Waals surface area contributed by atoms with Gasteiger partial charge in [0, 0.05) is 12.0 Å². The monoisotopic (exact) mass is 289 g/mol. The fourth-order valence-electron chi connectivity index (χ4n) is 2.07. The summed E-state index contributed by atoms with van der Waals surface area (Å²) in [6.45, 7) is 5.60. The van der Waals surface area contributed by atoms with Crippen LogP contribution in [-0.2, 0) is 9.59 Å². The Labute approximate surface area is 123 Å². The van der Waals surface area contributed by atoms with E-state index in [0.29, 0.717) is 5.69 Å². The molecule has 1 aromatic rings. The molecule has 0 saturated heterocycles. The second-order valence-electron chi connectivity index (χ2n) is 5.99. The summed E-state index contributed by atoms with van der Waals surface area (Å²) < 4.78 is 0. The molecule has 0 aliphatic carbocycles. The van der Waals surface area contributed by atoms with Crippen LogP contribution in [0.1, 0.15) is 27.2 Å². The van der Waals surface area contributed by atoms with E-state index in [-0.39, 0.29) is 18.0 Å². The lowest BCUT2D eigenvalue weighted by Crippen LogP contribution is -2.44. The number of rotatable bonds is 3. The molecular weight excluding hydrogens is 270 g/mol. The number of nitrogens with one attached hydrogen (secondary N) is 1. The first-order chi connectivity index (χ1) is 9.78. The van der Waals surface area contributed by atoms with E-state index in [1.807, 2.05) is 26.8 Å². The number of aliphatic carboxylic acids is 1. The van der Waals surface area contributed by atoms with Gasteiger partial charge in [0.15, 0.2) is 6.04 Å². The van der Waals surface area contributed by atoms with E-state index in [4.69, 9.17) is 0 Å². The van der Waals surface area contributed by atoms with Crippen molar-refractivity contribution < 1.29 is 14.7 Å². The van der Waals surface area contributed by atoms with Crippen molar-refractivity contribution in [2.45, 2.75) is 38.8 Å². The lowest BCUT2D eigenvalue weighted by atomic mass is 10.1. The minimum Gasteiger partial charge on any atom is -0.480 e. The topological polar surface area (TPSA) is 82.0 Å². The maximum absolute atomic E-state index is 12.1. The van der Waals surface area contributed by atoms with Crippen LogP contribution in [0.3, 0.4) is 0 Å². The molecule has 1 unspecified atom stereocenters. The molecule has 0 radical (unpaired) electrons. The van der Waals surface area contributed by atoms with Gasteiger partial charge in [-0.2, -0.15) is 5.10 Å². The molecule has 0 saturated carbocycles. The Hall–Kier alpha value is -2.37. The molecule has 2 N–H and O–H groups in total. The number of anilines is 1. The number of nitrogens with zero attached hydrogens (tertiary/aromatic N) is 2. The Kier molecular flexibility index (Phi) is 3.97. The van der Waals surface area contributed by atoms with Gasteiger partial charge in [0.25, 0.3) is 5.91 Å². The highest BCUT2D eigenvalue weighted by molar-refractivity contribution is 6.40. The number of amides is 1. The van der Waals surface area contributed by atoms with E-state index in [0.717, 1.165) is 0 Å². The van der Waals surface area contributed by atoms with Crippen LogP contribution < -0.4 is 10.3 Å². The number of carboxylic acid groups (broad SMARTS) is 1. The normalized spacial score (nSPS) is 18.3. The molecule has 21 heavy (non-hydrogen) atoms. The molecule has 1 aliphatic heterocycles. The fourth-order valence-corrected chi connectivity index (χ4v) is 2.07. The maximum atomic E-state index is 12.1. The molecule has 6 nitrogen and oxygen atoms in total. The van der Waals surface area contributed by atoms with Gasteiger partial charge in [-0.15, -0.1) is 0 Å². The van der Waals surface area contributed by atoms with Crippen molar-refractivity contribution in [3.05, 3.63) is 30.3 Å². The third-order valence-corrected chi connectivity index (χ3v) is 2.97. The molecule has 2 rings (SSSR count). The Morgan fingerprint density at radius 1 is 1.29 bits per heavy atom. The molecule has 1 amide bonds. The molecule has 112 valence electrons. The van der Waals surface area contributed by atoms with Crippen LogP contribution >= 0.6 is 0 Å². The van der Waals surface area contributed by atoms with E-state index < -0.39 is 17.6 Å². The third kappa shape index (κ3) is 3.59. The summed E-state index contributed by atoms with van der Waals surface area (Å²) in [7, 11) is 0. The van der Waals surface area contributed by atoms with E-state index >= 15 is 0 Å². The molecule has 0 aromatic heterocycles. The number of hydrogen-bond donors (Lipinski definition) is 2. The molecule has 1 heterocycles. The zero-order valence-corrected chi connectivity index (χ0v) is 12.3. The number of carboxylic acids is 1. The first-order valence-electron chi connectivity index (χ1n) is 6.75. The SMILES string of the molecule is CC(C)(C)NC(=O)C1=NN(c2ccccc2)C(C(=O)O)C1. The van der Waals surface area contributed by atoms with E-state index in [9.17, 15) is 14.7 Å². The first-order valence-corrected chi connectivity index (χ1v) is 6.75. The van der Waals surface area contributed by atoms with Gasteiger partial charge in [0.05, 0.1) is 5.69 Å². The molecule has 0 spiro atoms. The minimum atomic E-state index is -0.999. The maximum Gasteiger partial charge on any atom is 0.328 e. The van der Waals surface area contributed by atoms with Crippen LogP contribution in [0.15, 0.2) is 35.4 Å². The van der Waals surface area contributed by atoms with Crippen molar-refractivity contribution >= 4 is 23.3 Å². The van der Waals surface area contributed by atoms with Crippen molar-refractivity contribution in [1.29, 1.82) is 0 Å². The van der Waals surface area contributed by atoms with Crippen LogP contribution in [0.4, 0.5) is 5.69 Å². The third-order valence-electron chi connectivity index (χ3n) is 2.97. The van der Waals surface area contributed by atoms with Gasteiger partial charge in [-0.05, 0) is 32.9 Å². The van der Waals surface area contributed by atoms with Gasteiger partial charge in [-0.1, -0.05) is 18.2 Å². The standard InChI is InChI=1S/C15H19N3O3/c1-15(2,3)16-13(19)11-9-12(14(20)21)18(17-11)10-7-5-4-6-8-10/h4-8,12H,9H2,1-3H3,(H,16,19)(H,20,21). The smallest absolute Gasteiger partial charge is 0.328 e.